The summed E-state index contributed by atoms with van der Waals surface area (Å²) >= 11 is 0. The Morgan fingerprint density at radius 3 is 2.52 bits per heavy atom. The number of nitrogens with zero attached hydrogens (tertiary/aromatic N) is 3. The normalized spacial score (nSPS) is 10.3. The molecule has 0 amide bonds. The molecule has 0 radical (unpaired) electrons. The van der Waals surface area contributed by atoms with Crippen LogP contribution < -0.4 is 0 Å². The first-order chi connectivity index (χ1) is 11.3. The molecule has 0 aliphatic rings. The van der Waals surface area contributed by atoms with Gasteiger partial charge < -0.3 is 4.74 Å². The highest BCUT2D eigenvalue weighted by Crippen LogP contribution is 2.23. The van der Waals surface area contributed by atoms with Crippen molar-refractivity contribution < 1.29 is 9.53 Å². The van der Waals surface area contributed by atoms with Gasteiger partial charge in [0.2, 0.25) is 0 Å². The quantitative estimate of drug-likeness (QED) is 0.691. The Hall–Kier alpha value is -3.08. The van der Waals surface area contributed by atoms with Crippen molar-refractivity contribution in [3.05, 3.63) is 66.6 Å². The van der Waals surface area contributed by atoms with Gasteiger partial charge in [-0.3, -0.25) is 9.97 Å². The van der Waals surface area contributed by atoms with Crippen LogP contribution in [0.25, 0.3) is 22.6 Å². The molecular weight excluding hydrogens is 290 g/mol. The summed E-state index contributed by atoms with van der Waals surface area (Å²) in [7, 11) is 0. The monoisotopic (exact) mass is 305 g/mol. The van der Waals surface area contributed by atoms with Crippen molar-refractivity contribution >= 4 is 5.97 Å². The summed E-state index contributed by atoms with van der Waals surface area (Å²) in [5.74, 6) is -0.378. The van der Waals surface area contributed by atoms with Crippen molar-refractivity contribution in [3.63, 3.8) is 0 Å². The van der Waals surface area contributed by atoms with Gasteiger partial charge in [0.05, 0.1) is 29.8 Å². The summed E-state index contributed by atoms with van der Waals surface area (Å²) in [6.07, 6.45) is 4.80. The number of hydrogen-bond donors (Lipinski definition) is 0. The van der Waals surface area contributed by atoms with E-state index in [0.717, 1.165) is 5.56 Å². The van der Waals surface area contributed by atoms with Gasteiger partial charge in [-0.15, -0.1) is 0 Å². The van der Waals surface area contributed by atoms with E-state index >= 15 is 0 Å². The standard InChI is InChI=1S/C18H15N3O2/c1-2-23-18(22)14-10-15(13-6-4-3-5-7-13)21-16(11-14)17-12-19-8-9-20-17/h3-12H,2H2,1H3. The topological polar surface area (TPSA) is 65.0 Å². The van der Waals surface area contributed by atoms with Crippen LogP contribution in [0.3, 0.4) is 0 Å². The van der Waals surface area contributed by atoms with Gasteiger partial charge in [-0.05, 0) is 19.1 Å². The third-order valence-electron chi connectivity index (χ3n) is 3.23. The molecule has 2 aromatic heterocycles. The fourth-order valence-corrected chi connectivity index (χ4v) is 2.18. The van der Waals surface area contributed by atoms with E-state index in [0.29, 0.717) is 29.3 Å². The van der Waals surface area contributed by atoms with Crippen LogP contribution in [0.2, 0.25) is 0 Å². The number of carbonyl (C=O) groups is 1. The zero-order valence-corrected chi connectivity index (χ0v) is 12.6. The van der Waals surface area contributed by atoms with Gasteiger partial charge in [0.15, 0.2) is 0 Å². The molecule has 0 aliphatic heterocycles. The van der Waals surface area contributed by atoms with Crippen LogP contribution in [0.1, 0.15) is 17.3 Å². The minimum atomic E-state index is -0.378. The second-order valence-electron chi connectivity index (χ2n) is 4.80. The van der Waals surface area contributed by atoms with E-state index in [1.54, 1.807) is 37.6 Å². The van der Waals surface area contributed by atoms with Crippen LogP contribution in [0.5, 0.6) is 0 Å². The van der Waals surface area contributed by atoms with Crippen molar-refractivity contribution in [2.75, 3.05) is 6.61 Å². The third-order valence-corrected chi connectivity index (χ3v) is 3.23. The Labute approximate surface area is 134 Å². The second-order valence-corrected chi connectivity index (χ2v) is 4.80. The van der Waals surface area contributed by atoms with Crippen molar-refractivity contribution in [1.29, 1.82) is 0 Å². The van der Waals surface area contributed by atoms with E-state index in [1.165, 1.54) is 0 Å². The average Bonchev–Trinajstić information content (AvgIpc) is 2.63. The lowest BCUT2D eigenvalue weighted by Gasteiger charge is -2.08. The van der Waals surface area contributed by atoms with Crippen molar-refractivity contribution in [3.8, 4) is 22.6 Å². The van der Waals surface area contributed by atoms with Crippen molar-refractivity contribution in [1.82, 2.24) is 15.0 Å². The number of pyridine rings is 1. The largest absolute Gasteiger partial charge is 0.462 e. The molecule has 3 rings (SSSR count). The molecule has 0 fully saturated rings. The highest BCUT2D eigenvalue weighted by Gasteiger charge is 2.13. The Bertz CT molecular complexity index is 747. The lowest BCUT2D eigenvalue weighted by molar-refractivity contribution is 0.0526. The molecule has 3 aromatic rings. The van der Waals surface area contributed by atoms with Gasteiger partial charge in [0, 0.05) is 18.0 Å². The van der Waals surface area contributed by atoms with Crippen LogP contribution in [0.15, 0.2) is 61.1 Å². The Morgan fingerprint density at radius 2 is 1.83 bits per heavy atom. The highest BCUT2D eigenvalue weighted by atomic mass is 16.5. The maximum absolute atomic E-state index is 12.1. The predicted octanol–water partition coefficient (Wildman–Crippen LogP) is 3.38. The first-order valence-electron chi connectivity index (χ1n) is 7.29. The first-order valence-corrected chi connectivity index (χ1v) is 7.29. The van der Waals surface area contributed by atoms with Crippen molar-refractivity contribution in [2.24, 2.45) is 0 Å². The van der Waals surface area contributed by atoms with Gasteiger partial charge in [-0.2, -0.15) is 0 Å². The summed E-state index contributed by atoms with van der Waals surface area (Å²) in [5.41, 5.74) is 3.25. The number of rotatable bonds is 4. The summed E-state index contributed by atoms with van der Waals surface area (Å²) < 4.78 is 5.11. The van der Waals surface area contributed by atoms with Gasteiger partial charge >= 0.3 is 5.97 Å². The van der Waals surface area contributed by atoms with E-state index in [-0.39, 0.29) is 5.97 Å². The van der Waals surface area contributed by atoms with Crippen LogP contribution in [0, 0.1) is 0 Å². The molecule has 0 saturated carbocycles. The molecule has 5 heteroatoms. The van der Waals surface area contributed by atoms with E-state index in [2.05, 4.69) is 15.0 Å². The zero-order chi connectivity index (χ0) is 16.1. The van der Waals surface area contributed by atoms with Gasteiger partial charge in [0.1, 0.15) is 5.69 Å². The van der Waals surface area contributed by atoms with Crippen molar-refractivity contribution in [2.45, 2.75) is 6.92 Å². The smallest absolute Gasteiger partial charge is 0.338 e. The molecule has 0 unspecified atom stereocenters. The van der Waals surface area contributed by atoms with Gasteiger partial charge in [0.25, 0.3) is 0 Å². The zero-order valence-electron chi connectivity index (χ0n) is 12.6. The Balaban J connectivity index is 2.13. The SMILES string of the molecule is CCOC(=O)c1cc(-c2ccccc2)nc(-c2cnccn2)c1. The molecule has 0 atom stereocenters. The fourth-order valence-electron chi connectivity index (χ4n) is 2.18. The van der Waals surface area contributed by atoms with Crippen LogP contribution in [0.4, 0.5) is 0 Å². The minimum absolute atomic E-state index is 0.322. The fraction of sp³-hybridized carbons (Fsp3) is 0.111. The molecular formula is C18H15N3O2. The summed E-state index contributed by atoms with van der Waals surface area (Å²) in [6, 6.07) is 13.1. The summed E-state index contributed by atoms with van der Waals surface area (Å²) in [5, 5.41) is 0. The predicted molar refractivity (Wildman–Crippen MR) is 86.7 cm³/mol. The molecule has 0 aliphatic carbocycles. The molecule has 2 heterocycles. The van der Waals surface area contributed by atoms with E-state index in [9.17, 15) is 4.79 Å². The number of esters is 1. The molecule has 1 aromatic carbocycles. The van der Waals surface area contributed by atoms with Crippen LogP contribution >= 0.6 is 0 Å². The third kappa shape index (κ3) is 3.40. The summed E-state index contributed by atoms with van der Waals surface area (Å²) in [4.78, 5) is 25.0. The Morgan fingerprint density at radius 1 is 1.04 bits per heavy atom. The average molecular weight is 305 g/mol. The number of carbonyl (C=O) groups excluding carboxylic acids is 1. The second kappa shape index (κ2) is 6.79. The highest BCUT2D eigenvalue weighted by molar-refractivity contribution is 5.92. The molecule has 0 bridgehead atoms. The summed E-state index contributed by atoms with van der Waals surface area (Å²) in [6.45, 7) is 2.10. The molecule has 5 nitrogen and oxygen atoms in total. The Kier molecular flexibility index (Phi) is 4.38. The first kappa shape index (κ1) is 14.8. The van der Waals surface area contributed by atoms with E-state index in [1.807, 2.05) is 30.3 Å². The lowest BCUT2D eigenvalue weighted by Crippen LogP contribution is -2.06. The van der Waals surface area contributed by atoms with E-state index in [4.69, 9.17) is 4.74 Å². The minimum Gasteiger partial charge on any atom is -0.462 e. The maximum Gasteiger partial charge on any atom is 0.338 e. The molecule has 23 heavy (non-hydrogen) atoms. The number of benzene rings is 1. The molecule has 0 spiro atoms. The maximum atomic E-state index is 12.1. The number of ether oxygens (including phenoxy) is 1. The lowest BCUT2D eigenvalue weighted by atomic mass is 10.1. The van der Waals surface area contributed by atoms with Gasteiger partial charge in [-0.25, -0.2) is 9.78 Å². The number of aromatic nitrogens is 3. The molecule has 0 N–H and O–H groups in total. The number of hydrogen-bond acceptors (Lipinski definition) is 5. The van der Waals surface area contributed by atoms with Crippen LogP contribution in [-0.2, 0) is 4.74 Å². The molecule has 0 saturated heterocycles. The van der Waals surface area contributed by atoms with Gasteiger partial charge in [-0.1, -0.05) is 30.3 Å². The van der Waals surface area contributed by atoms with Crippen LogP contribution in [-0.4, -0.2) is 27.5 Å². The van der Waals surface area contributed by atoms with E-state index < -0.39 is 0 Å². The molecule has 114 valence electrons.